The number of hydrogen-bond donors (Lipinski definition) is 1. The minimum Gasteiger partial charge on any atom is -0.354 e. The van der Waals surface area contributed by atoms with E-state index in [4.69, 9.17) is 0 Å². The van der Waals surface area contributed by atoms with Crippen LogP contribution >= 0.6 is 0 Å². The Hall–Kier alpha value is -0.530. The van der Waals surface area contributed by atoms with E-state index in [1.54, 1.807) is 6.92 Å². The van der Waals surface area contributed by atoms with Crippen LogP contribution in [0.25, 0.3) is 0 Å². The second-order valence-corrected chi connectivity index (χ2v) is 6.47. The van der Waals surface area contributed by atoms with Gasteiger partial charge in [0.1, 0.15) is 0 Å². The van der Waals surface area contributed by atoms with Crippen molar-refractivity contribution in [2.24, 2.45) is 17.3 Å². The molecule has 0 radical (unpaired) electrons. The van der Waals surface area contributed by atoms with Crippen LogP contribution < -0.4 is 5.32 Å². The number of nitrogens with one attached hydrogen (secondary N) is 1. The molecule has 1 atom stereocenters. The van der Waals surface area contributed by atoms with Gasteiger partial charge in [-0.1, -0.05) is 27.7 Å². The minimum absolute atomic E-state index is 0.118. The SMILES string of the molecule is CC(=O)NC1CCC([C@@H](C)C(C)(C)C)CC1. The molecular weight excluding hydrogens is 198 g/mol. The molecule has 1 fully saturated rings. The van der Waals surface area contributed by atoms with Crippen molar-refractivity contribution < 1.29 is 4.79 Å². The highest BCUT2D eigenvalue weighted by atomic mass is 16.1. The molecule has 1 amide bonds. The second kappa shape index (κ2) is 5.20. The Morgan fingerprint density at radius 3 is 2.06 bits per heavy atom. The van der Waals surface area contributed by atoms with Crippen molar-refractivity contribution in [3.63, 3.8) is 0 Å². The summed E-state index contributed by atoms with van der Waals surface area (Å²) in [6.45, 7) is 11.0. The van der Waals surface area contributed by atoms with Crippen molar-refractivity contribution in [2.45, 2.75) is 66.3 Å². The quantitative estimate of drug-likeness (QED) is 0.767. The highest BCUT2D eigenvalue weighted by molar-refractivity contribution is 5.73. The molecule has 2 heteroatoms. The van der Waals surface area contributed by atoms with E-state index in [1.807, 2.05) is 0 Å². The van der Waals surface area contributed by atoms with E-state index in [9.17, 15) is 4.79 Å². The maximum atomic E-state index is 11.0. The third-order valence-corrected chi connectivity index (χ3v) is 4.25. The van der Waals surface area contributed by atoms with Crippen molar-refractivity contribution in [3.05, 3.63) is 0 Å². The summed E-state index contributed by atoms with van der Waals surface area (Å²) in [7, 11) is 0. The van der Waals surface area contributed by atoms with Crippen molar-refractivity contribution >= 4 is 5.91 Å². The van der Waals surface area contributed by atoms with Crippen molar-refractivity contribution in [3.8, 4) is 0 Å². The van der Waals surface area contributed by atoms with E-state index in [0.29, 0.717) is 11.5 Å². The van der Waals surface area contributed by atoms with Crippen LogP contribution in [0, 0.1) is 17.3 Å². The predicted octanol–water partition coefficient (Wildman–Crippen LogP) is 3.36. The summed E-state index contributed by atoms with van der Waals surface area (Å²) in [5.41, 5.74) is 0.408. The Morgan fingerprint density at radius 2 is 1.69 bits per heavy atom. The second-order valence-electron chi connectivity index (χ2n) is 6.47. The molecule has 0 spiro atoms. The zero-order valence-electron chi connectivity index (χ0n) is 11.5. The van der Waals surface area contributed by atoms with Crippen molar-refractivity contribution in [2.75, 3.05) is 0 Å². The predicted molar refractivity (Wildman–Crippen MR) is 68.2 cm³/mol. The van der Waals surface area contributed by atoms with Crippen LogP contribution in [0.2, 0.25) is 0 Å². The van der Waals surface area contributed by atoms with Gasteiger partial charge in [-0.3, -0.25) is 4.79 Å². The van der Waals surface area contributed by atoms with Gasteiger partial charge in [0.25, 0.3) is 0 Å². The van der Waals surface area contributed by atoms with Gasteiger partial charge in [-0.25, -0.2) is 0 Å². The molecule has 1 saturated carbocycles. The van der Waals surface area contributed by atoms with Crippen LogP contribution in [0.4, 0.5) is 0 Å². The van der Waals surface area contributed by atoms with Gasteiger partial charge < -0.3 is 5.32 Å². The van der Waals surface area contributed by atoms with Crippen LogP contribution in [0.1, 0.15) is 60.3 Å². The van der Waals surface area contributed by atoms with Crippen LogP contribution in [0.5, 0.6) is 0 Å². The normalized spacial score (nSPS) is 28.6. The van der Waals surface area contributed by atoms with Crippen LogP contribution in [-0.2, 0) is 4.79 Å². The summed E-state index contributed by atoms with van der Waals surface area (Å²) in [6, 6.07) is 0.431. The molecule has 0 bridgehead atoms. The molecule has 1 N–H and O–H groups in total. The fraction of sp³-hybridized carbons (Fsp3) is 0.929. The van der Waals surface area contributed by atoms with E-state index < -0.39 is 0 Å². The van der Waals surface area contributed by atoms with E-state index >= 15 is 0 Å². The van der Waals surface area contributed by atoms with Crippen molar-refractivity contribution in [1.29, 1.82) is 0 Å². The Balaban J connectivity index is 2.40. The van der Waals surface area contributed by atoms with Gasteiger partial charge in [-0.2, -0.15) is 0 Å². The molecule has 0 aliphatic heterocycles. The van der Waals surface area contributed by atoms with Gasteiger partial charge in [0.05, 0.1) is 0 Å². The average Bonchev–Trinajstić information content (AvgIpc) is 2.15. The standard InChI is InChI=1S/C14H27NO/c1-10(14(3,4)5)12-6-8-13(9-7-12)15-11(2)16/h10,12-13H,6-9H2,1-5H3,(H,15,16)/t10-,12?,13?/m1/s1. The first-order chi connectivity index (χ1) is 7.30. The van der Waals surface area contributed by atoms with Gasteiger partial charge in [0, 0.05) is 13.0 Å². The zero-order chi connectivity index (χ0) is 12.3. The lowest BCUT2D eigenvalue weighted by molar-refractivity contribution is -0.120. The number of rotatable bonds is 2. The van der Waals surface area contributed by atoms with E-state index in [2.05, 4.69) is 33.0 Å². The Kier molecular flexibility index (Phi) is 4.40. The van der Waals surface area contributed by atoms with E-state index in [-0.39, 0.29) is 5.91 Å². The van der Waals surface area contributed by atoms with Gasteiger partial charge in [-0.15, -0.1) is 0 Å². The van der Waals surface area contributed by atoms with Crippen LogP contribution in [0.15, 0.2) is 0 Å². The summed E-state index contributed by atoms with van der Waals surface area (Å²) in [5, 5.41) is 3.04. The fourth-order valence-electron chi connectivity index (χ4n) is 2.76. The summed E-state index contributed by atoms with van der Waals surface area (Å²) < 4.78 is 0. The Labute approximate surface area is 100 Å². The smallest absolute Gasteiger partial charge is 0.217 e. The summed E-state index contributed by atoms with van der Waals surface area (Å²) in [4.78, 5) is 11.0. The molecular formula is C14H27NO. The average molecular weight is 225 g/mol. The molecule has 94 valence electrons. The van der Waals surface area contributed by atoms with Gasteiger partial charge in [-0.05, 0) is 42.9 Å². The summed E-state index contributed by atoms with van der Waals surface area (Å²) in [5.74, 6) is 1.73. The topological polar surface area (TPSA) is 29.1 Å². The van der Waals surface area contributed by atoms with Crippen LogP contribution in [0.3, 0.4) is 0 Å². The van der Waals surface area contributed by atoms with E-state index in [1.165, 1.54) is 12.8 Å². The first kappa shape index (κ1) is 13.5. The molecule has 0 aromatic heterocycles. The minimum atomic E-state index is 0.118. The maximum absolute atomic E-state index is 11.0. The number of hydrogen-bond acceptors (Lipinski definition) is 1. The summed E-state index contributed by atoms with van der Waals surface area (Å²) in [6.07, 6.45) is 4.85. The lowest BCUT2D eigenvalue weighted by Crippen LogP contribution is -2.38. The highest BCUT2D eigenvalue weighted by Crippen LogP contribution is 2.39. The lowest BCUT2D eigenvalue weighted by Gasteiger charge is -2.38. The molecule has 0 unspecified atom stereocenters. The van der Waals surface area contributed by atoms with Gasteiger partial charge in [0.2, 0.25) is 5.91 Å². The van der Waals surface area contributed by atoms with Gasteiger partial charge in [0.15, 0.2) is 0 Å². The summed E-state index contributed by atoms with van der Waals surface area (Å²) >= 11 is 0. The number of carbonyl (C=O) groups excluding carboxylic acids is 1. The van der Waals surface area contributed by atoms with Crippen LogP contribution in [-0.4, -0.2) is 11.9 Å². The first-order valence-corrected chi connectivity index (χ1v) is 6.58. The maximum Gasteiger partial charge on any atom is 0.217 e. The van der Waals surface area contributed by atoms with E-state index in [0.717, 1.165) is 24.7 Å². The molecule has 0 aromatic rings. The Morgan fingerprint density at radius 1 is 1.19 bits per heavy atom. The third kappa shape index (κ3) is 3.80. The Bertz CT molecular complexity index is 234. The molecule has 1 rings (SSSR count). The lowest BCUT2D eigenvalue weighted by atomic mass is 9.69. The molecule has 16 heavy (non-hydrogen) atoms. The molecule has 0 aromatic carbocycles. The third-order valence-electron chi connectivity index (χ3n) is 4.25. The molecule has 1 aliphatic rings. The number of amides is 1. The number of carbonyl (C=O) groups is 1. The monoisotopic (exact) mass is 225 g/mol. The van der Waals surface area contributed by atoms with Crippen molar-refractivity contribution in [1.82, 2.24) is 5.32 Å². The molecule has 0 saturated heterocycles. The van der Waals surface area contributed by atoms with Gasteiger partial charge >= 0.3 is 0 Å². The largest absolute Gasteiger partial charge is 0.354 e. The molecule has 2 nitrogen and oxygen atoms in total. The zero-order valence-corrected chi connectivity index (χ0v) is 11.5. The highest BCUT2D eigenvalue weighted by Gasteiger charge is 2.31. The molecule has 1 aliphatic carbocycles. The molecule has 0 heterocycles. The first-order valence-electron chi connectivity index (χ1n) is 6.58. The fourth-order valence-corrected chi connectivity index (χ4v) is 2.76.